The lowest BCUT2D eigenvalue weighted by molar-refractivity contribution is 0.461. The van der Waals surface area contributed by atoms with Gasteiger partial charge in [0.1, 0.15) is 5.75 Å². The van der Waals surface area contributed by atoms with E-state index >= 15 is 0 Å². The van der Waals surface area contributed by atoms with E-state index < -0.39 is 0 Å². The molecule has 0 aromatic heterocycles. The van der Waals surface area contributed by atoms with Crippen molar-refractivity contribution in [3.8, 4) is 5.75 Å². The Morgan fingerprint density at radius 3 is 2.43 bits per heavy atom. The molecule has 3 heteroatoms. The predicted octanol–water partition coefficient (Wildman–Crippen LogP) is 4.08. The van der Waals surface area contributed by atoms with Gasteiger partial charge < -0.3 is 5.11 Å². The van der Waals surface area contributed by atoms with Crippen molar-refractivity contribution in [2.45, 2.75) is 31.3 Å². The monoisotopic (exact) mass is 295 g/mol. The highest BCUT2D eigenvalue weighted by molar-refractivity contribution is 7.66. The summed E-state index contributed by atoms with van der Waals surface area (Å²) >= 11 is 0. The minimum atomic E-state index is -0.0902. The molecule has 21 heavy (non-hydrogen) atoms. The fraction of sp³-hybridized carbons (Fsp3) is 0.333. The van der Waals surface area contributed by atoms with Crippen LogP contribution in [0.15, 0.2) is 54.6 Å². The lowest BCUT2D eigenvalue weighted by Crippen LogP contribution is -2.16. The summed E-state index contributed by atoms with van der Waals surface area (Å²) in [7, 11) is -0.0902. The number of benzene rings is 2. The summed E-state index contributed by atoms with van der Waals surface area (Å²) in [6.45, 7) is 2.28. The van der Waals surface area contributed by atoms with Crippen molar-refractivity contribution in [1.29, 1.82) is 0 Å². The largest absolute Gasteiger partial charge is 0.508 e. The standard InChI is InChI=1S/C18H21OP.B/c1-14(16-10-5-6-11-17(16)19)18-12-7-13-20(18)15-8-3-2-4-9-15;/h2-6,8-11,14,18-19H,7,12-13H2,1H3;. The molecule has 1 aliphatic heterocycles. The smallest absolute Gasteiger partial charge is 0.119 e. The molecule has 0 saturated carbocycles. The number of phenolic OH excluding ortho intramolecular Hbond substituents is 1. The summed E-state index contributed by atoms with van der Waals surface area (Å²) in [5, 5.41) is 11.6. The summed E-state index contributed by atoms with van der Waals surface area (Å²) in [5.74, 6) is 0.889. The van der Waals surface area contributed by atoms with Crippen LogP contribution in [-0.4, -0.2) is 25.3 Å². The van der Waals surface area contributed by atoms with E-state index in [9.17, 15) is 5.11 Å². The van der Waals surface area contributed by atoms with Crippen molar-refractivity contribution in [2.24, 2.45) is 0 Å². The number of rotatable bonds is 3. The maximum Gasteiger partial charge on any atom is 0.119 e. The van der Waals surface area contributed by atoms with Gasteiger partial charge in [0.05, 0.1) is 0 Å². The molecule has 1 nitrogen and oxygen atoms in total. The molecular formula is C18H21BOP. The van der Waals surface area contributed by atoms with Gasteiger partial charge >= 0.3 is 0 Å². The molecule has 2 aromatic rings. The van der Waals surface area contributed by atoms with Crippen LogP contribution in [0.4, 0.5) is 0 Å². The van der Waals surface area contributed by atoms with Crippen molar-refractivity contribution >= 4 is 21.6 Å². The summed E-state index contributed by atoms with van der Waals surface area (Å²) < 4.78 is 0. The van der Waals surface area contributed by atoms with E-state index in [-0.39, 0.29) is 16.3 Å². The second-order valence-electron chi connectivity index (χ2n) is 5.59. The van der Waals surface area contributed by atoms with Gasteiger partial charge in [0, 0.05) is 8.41 Å². The molecule has 0 spiro atoms. The molecule has 3 radical (unpaired) electrons. The molecule has 0 aliphatic carbocycles. The minimum Gasteiger partial charge on any atom is -0.508 e. The van der Waals surface area contributed by atoms with Crippen LogP contribution in [0.2, 0.25) is 0 Å². The average molecular weight is 295 g/mol. The average Bonchev–Trinajstić information content (AvgIpc) is 2.97. The summed E-state index contributed by atoms with van der Waals surface area (Å²) in [5.41, 5.74) is 1.81. The van der Waals surface area contributed by atoms with Gasteiger partial charge in [0.25, 0.3) is 0 Å². The van der Waals surface area contributed by atoms with E-state index in [1.807, 2.05) is 18.2 Å². The third kappa shape index (κ3) is 3.32. The molecule has 2 aromatic carbocycles. The van der Waals surface area contributed by atoms with Crippen LogP contribution in [-0.2, 0) is 0 Å². The summed E-state index contributed by atoms with van der Waals surface area (Å²) in [6.07, 6.45) is 3.95. The summed E-state index contributed by atoms with van der Waals surface area (Å²) in [6, 6.07) is 18.8. The third-order valence-corrected chi connectivity index (χ3v) is 7.66. The lowest BCUT2D eigenvalue weighted by atomic mass is 9.94. The number of hydrogen-bond acceptors (Lipinski definition) is 1. The normalized spacial score (nSPS) is 22.5. The van der Waals surface area contributed by atoms with Crippen LogP contribution >= 0.6 is 7.92 Å². The van der Waals surface area contributed by atoms with E-state index in [4.69, 9.17) is 0 Å². The number of para-hydroxylation sites is 1. The maximum absolute atomic E-state index is 10.1. The molecule has 107 valence electrons. The van der Waals surface area contributed by atoms with Gasteiger partial charge in [-0.2, -0.15) is 0 Å². The third-order valence-electron chi connectivity index (χ3n) is 4.39. The van der Waals surface area contributed by atoms with Crippen molar-refractivity contribution in [1.82, 2.24) is 0 Å². The van der Waals surface area contributed by atoms with E-state index in [2.05, 4.69) is 43.3 Å². The van der Waals surface area contributed by atoms with Crippen LogP contribution < -0.4 is 5.30 Å². The maximum atomic E-state index is 10.1. The van der Waals surface area contributed by atoms with Gasteiger partial charge in [-0.05, 0) is 47.5 Å². The molecule has 3 atom stereocenters. The molecule has 3 rings (SSSR count). The molecule has 1 heterocycles. The number of aromatic hydroxyl groups is 1. The van der Waals surface area contributed by atoms with Crippen LogP contribution in [0.25, 0.3) is 0 Å². The molecule has 1 aliphatic rings. The van der Waals surface area contributed by atoms with Gasteiger partial charge in [-0.3, -0.25) is 0 Å². The zero-order valence-corrected chi connectivity index (χ0v) is 13.3. The quantitative estimate of drug-likeness (QED) is 0.668. The molecule has 1 saturated heterocycles. The molecule has 1 N–H and O–H groups in total. The van der Waals surface area contributed by atoms with E-state index in [0.717, 1.165) is 5.56 Å². The second-order valence-corrected chi connectivity index (χ2v) is 8.15. The summed E-state index contributed by atoms with van der Waals surface area (Å²) in [4.78, 5) is 0. The van der Waals surface area contributed by atoms with Gasteiger partial charge in [-0.25, -0.2) is 0 Å². The number of hydrogen-bond donors (Lipinski definition) is 1. The highest BCUT2D eigenvalue weighted by atomic mass is 31.1. The topological polar surface area (TPSA) is 20.2 Å². The predicted molar refractivity (Wildman–Crippen MR) is 93.2 cm³/mol. The molecule has 1 fully saturated rings. The first kappa shape index (κ1) is 16.1. The Balaban J connectivity index is 0.00000161. The van der Waals surface area contributed by atoms with Gasteiger partial charge in [0.2, 0.25) is 0 Å². The Bertz CT molecular complexity index is 572. The number of phenols is 1. The van der Waals surface area contributed by atoms with Gasteiger partial charge in [-0.15, -0.1) is 0 Å². The fourth-order valence-electron chi connectivity index (χ4n) is 3.33. The van der Waals surface area contributed by atoms with Crippen LogP contribution in [0, 0.1) is 0 Å². The Kier molecular flexibility index (Phi) is 5.48. The van der Waals surface area contributed by atoms with Gasteiger partial charge in [0.15, 0.2) is 0 Å². The van der Waals surface area contributed by atoms with Crippen molar-refractivity contribution in [2.75, 3.05) is 6.16 Å². The van der Waals surface area contributed by atoms with E-state index in [0.29, 0.717) is 17.3 Å². The van der Waals surface area contributed by atoms with Gasteiger partial charge in [-0.1, -0.05) is 63.4 Å². The Hall–Kier alpha value is -1.27. The molecule has 0 amide bonds. The zero-order chi connectivity index (χ0) is 13.9. The highest BCUT2D eigenvalue weighted by Gasteiger charge is 2.33. The Labute approximate surface area is 130 Å². The first-order valence-electron chi connectivity index (χ1n) is 7.37. The molecular weight excluding hydrogens is 274 g/mol. The SMILES string of the molecule is CC(c1ccccc1O)C1CCCP1c1ccccc1.[B]. The Morgan fingerprint density at radius 2 is 1.71 bits per heavy atom. The highest BCUT2D eigenvalue weighted by Crippen LogP contribution is 2.54. The van der Waals surface area contributed by atoms with Crippen molar-refractivity contribution in [3.63, 3.8) is 0 Å². The van der Waals surface area contributed by atoms with Crippen molar-refractivity contribution < 1.29 is 5.11 Å². The Morgan fingerprint density at radius 1 is 1.05 bits per heavy atom. The second kappa shape index (κ2) is 7.14. The first-order chi connectivity index (χ1) is 9.77. The van der Waals surface area contributed by atoms with E-state index in [1.54, 1.807) is 0 Å². The molecule has 0 bridgehead atoms. The minimum absolute atomic E-state index is 0. The van der Waals surface area contributed by atoms with Crippen LogP contribution in [0.1, 0.15) is 31.2 Å². The molecule has 3 unspecified atom stereocenters. The zero-order valence-electron chi connectivity index (χ0n) is 12.4. The van der Waals surface area contributed by atoms with Crippen LogP contribution in [0.3, 0.4) is 0 Å². The lowest BCUT2D eigenvalue weighted by Gasteiger charge is -2.27. The van der Waals surface area contributed by atoms with Crippen LogP contribution in [0.5, 0.6) is 5.75 Å². The van der Waals surface area contributed by atoms with Crippen molar-refractivity contribution in [3.05, 3.63) is 60.2 Å². The first-order valence-corrected chi connectivity index (χ1v) is 8.96. The fourth-order valence-corrected chi connectivity index (χ4v) is 6.58. The van der Waals surface area contributed by atoms with E-state index in [1.165, 1.54) is 24.3 Å².